The van der Waals surface area contributed by atoms with Gasteiger partial charge in [0, 0.05) is 18.3 Å². The first-order valence-corrected chi connectivity index (χ1v) is 6.14. The highest BCUT2D eigenvalue weighted by atomic mass is 79.9. The SMILES string of the molecule is COc1ccccc1CNc1nc(N)ncc1Br. The van der Waals surface area contributed by atoms with Crippen LogP contribution >= 0.6 is 15.9 Å². The monoisotopic (exact) mass is 308 g/mol. The van der Waals surface area contributed by atoms with E-state index >= 15 is 0 Å². The number of hydrogen-bond donors (Lipinski definition) is 2. The van der Waals surface area contributed by atoms with Gasteiger partial charge >= 0.3 is 0 Å². The Morgan fingerprint density at radius 3 is 2.94 bits per heavy atom. The lowest BCUT2D eigenvalue weighted by Crippen LogP contribution is -2.06. The van der Waals surface area contributed by atoms with E-state index in [9.17, 15) is 0 Å². The van der Waals surface area contributed by atoms with Crippen molar-refractivity contribution in [3.63, 3.8) is 0 Å². The molecule has 0 aliphatic carbocycles. The normalized spacial score (nSPS) is 10.1. The fraction of sp³-hybridized carbons (Fsp3) is 0.167. The molecule has 1 aromatic heterocycles. The number of rotatable bonds is 4. The number of benzene rings is 1. The van der Waals surface area contributed by atoms with Crippen molar-refractivity contribution in [3.8, 4) is 5.75 Å². The molecule has 5 nitrogen and oxygen atoms in total. The first-order valence-electron chi connectivity index (χ1n) is 5.34. The predicted octanol–water partition coefficient (Wildman–Crippen LogP) is 2.44. The topological polar surface area (TPSA) is 73.1 Å². The molecule has 0 unspecified atom stereocenters. The number of aromatic nitrogens is 2. The van der Waals surface area contributed by atoms with Crippen LogP contribution in [0, 0.1) is 0 Å². The molecule has 0 radical (unpaired) electrons. The van der Waals surface area contributed by atoms with Crippen molar-refractivity contribution in [3.05, 3.63) is 40.5 Å². The number of nitrogens with one attached hydrogen (secondary N) is 1. The van der Waals surface area contributed by atoms with Crippen LogP contribution in [0.1, 0.15) is 5.56 Å². The van der Waals surface area contributed by atoms with Gasteiger partial charge in [-0.3, -0.25) is 0 Å². The molecular weight excluding hydrogens is 296 g/mol. The van der Waals surface area contributed by atoms with Crippen molar-refractivity contribution in [2.45, 2.75) is 6.54 Å². The van der Waals surface area contributed by atoms with Gasteiger partial charge in [0.15, 0.2) is 0 Å². The van der Waals surface area contributed by atoms with Gasteiger partial charge in [-0.05, 0) is 22.0 Å². The van der Waals surface area contributed by atoms with Crippen LogP contribution < -0.4 is 15.8 Å². The summed E-state index contributed by atoms with van der Waals surface area (Å²) in [5, 5.41) is 3.19. The average Bonchev–Trinajstić information content (AvgIpc) is 2.40. The van der Waals surface area contributed by atoms with E-state index in [0.717, 1.165) is 15.8 Å². The summed E-state index contributed by atoms with van der Waals surface area (Å²) < 4.78 is 6.05. The molecule has 3 N–H and O–H groups in total. The van der Waals surface area contributed by atoms with Crippen LogP contribution in [-0.2, 0) is 6.54 Å². The number of methoxy groups -OCH3 is 1. The Hall–Kier alpha value is -1.82. The standard InChI is InChI=1S/C12H13BrN4O/c1-18-10-5-3-2-4-8(10)6-15-11-9(13)7-16-12(14)17-11/h2-5,7H,6H2,1H3,(H3,14,15,16,17). The lowest BCUT2D eigenvalue weighted by Gasteiger charge is -2.10. The minimum absolute atomic E-state index is 0.237. The summed E-state index contributed by atoms with van der Waals surface area (Å²) in [7, 11) is 1.65. The number of halogens is 1. The van der Waals surface area contributed by atoms with Crippen LogP contribution in [0.15, 0.2) is 34.9 Å². The van der Waals surface area contributed by atoms with E-state index in [1.807, 2.05) is 24.3 Å². The first kappa shape index (κ1) is 12.6. The van der Waals surface area contributed by atoms with E-state index in [1.165, 1.54) is 0 Å². The van der Waals surface area contributed by atoms with Gasteiger partial charge in [-0.1, -0.05) is 18.2 Å². The number of para-hydroxylation sites is 1. The predicted molar refractivity (Wildman–Crippen MR) is 74.5 cm³/mol. The number of ether oxygens (including phenoxy) is 1. The largest absolute Gasteiger partial charge is 0.496 e. The Kier molecular flexibility index (Phi) is 3.99. The molecule has 2 rings (SSSR count). The van der Waals surface area contributed by atoms with Crippen molar-refractivity contribution in [1.82, 2.24) is 9.97 Å². The van der Waals surface area contributed by atoms with Crippen LogP contribution in [0.4, 0.5) is 11.8 Å². The molecule has 0 atom stereocenters. The summed E-state index contributed by atoms with van der Waals surface area (Å²) in [5.74, 6) is 1.73. The van der Waals surface area contributed by atoms with Crippen molar-refractivity contribution < 1.29 is 4.74 Å². The van der Waals surface area contributed by atoms with Crippen molar-refractivity contribution in [2.75, 3.05) is 18.2 Å². The van der Waals surface area contributed by atoms with Gasteiger partial charge in [-0.15, -0.1) is 0 Å². The minimum Gasteiger partial charge on any atom is -0.496 e. The Labute approximate surface area is 114 Å². The van der Waals surface area contributed by atoms with Crippen molar-refractivity contribution >= 4 is 27.7 Å². The van der Waals surface area contributed by atoms with E-state index in [1.54, 1.807) is 13.3 Å². The Bertz CT molecular complexity index is 547. The molecule has 0 spiro atoms. The Morgan fingerprint density at radius 2 is 2.17 bits per heavy atom. The number of nitrogens with zero attached hydrogens (tertiary/aromatic N) is 2. The molecule has 0 saturated carbocycles. The molecule has 94 valence electrons. The summed E-state index contributed by atoms with van der Waals surface area (Å²) in [6.07, 6.45) is 1.62. The number of nitrogen functional groups attached to an aromatic ring is 1. The zero-order chi connectivity index (χ0) is 13.0. The molecule has 0 saturated heterocycles. The van der Waals surface area contributed by atoms with Crippen LogP contribution in [0.3, 0.4) is 0 Å². The molecule has 0 fully saturated rings. The third-order valence-electron chi connectivity index (χ3n) is 2.40. The van der Waals surface area contributed by atoms with Crippen LogP contribution in [-0.4, -0.2) is 17.1 Å². The van der Waals surface area contributed by atoms with Gasteiger partial charge < -0.3 is 15.8 Å². The highest BCUT2D eigenvalue weighted by Gasteiger charge is 2.05. The van der Waals surface area contributed by atoms with Gasteiger partial charge in [0.05, 0.1) is 11.6 Å². The molecule has 2 aromatic rings. The molecule has 1 aromatic carbocycles. The van der Waals surface area contributed by atoms with E-state index in [4.69, 9.17) is 10.5 Å². The average molecular weight is 309 g/mol. The molecular formula is C12H13BrN4O. The second-order valence-corrected chi connectivity index (χ2v) is 4.44. The van der Waals surface area contributed by atoms with Gasteiger partial charge in [0.25, 0.3) is 0 Å². The summed E-state index contributed by atoms with van der Waals surface area (Å²) >= 11 is 3.37. The zero-order valence-electron chi connectivity index (χ0n) is 9.85. The molecule has 0 bridgehead atoms. The van der Waals surface area contributed by atoms with E-state index in [2.05, 4.69) is 31.2 Å². The third kappa shape index (κ3) is 2.89. The Balaban J connectivity index is 2.14. The lowest BCUT2D eigenvalue weighted by atomic mass is 10.2. The number of nitrogens with two attached hydrogens (primary N) is 1. The van der Waals surface area contributed by atoms with Crippen LogP contribution in [0.2, 0.25) is 0 Å². The number of anilines is 2. The van der Waals surface area contributed by atoms with Gasteiger partial charge in [-0.2, -0.15) is 4.98 Å². The fourth-order valence-electron chi connectivity index (χ4n) is 1.53. The Morgan fingerprint density at radius 1 is 1.39 bits per heavy atom. The second kappa shape index (κ2) is 5.68. The fourth-order valence-corrected chi connectivity index (χ4v) is 1.86. The van der Waals surface area contributed by atoms with Crippen LogP contribution in [0.5, 0.6) is 5.75 Å². The highest BCUT2D eigenvalue weighted by molar-refractivity contribution is 9.10. The van der Waals surface area contributed by atoms with E-state index < -0.39 is 0 Å². The van der Waals surface area contributed by atoms with E-state index in [0.29, 0.717) is 12.4 Å². The van der Waals surface area contributed by atoms with E-state index in [-0.39, 0.29) is 5.95 Å². The molecule has 18 heavy (non-hydrogen) atoms. The first-order chi connectivity index (χ1) is 8.70. The maximum absolute atomic E-state index is 5.54. The molecule has 0 amide bonds. The van der Waals surface area contributed by atoms with Gasteiger partial charge in [0.1, 0.15) is 11.6 Å². The summed E-state index contributed by atoms with van der Waals surface area (Å²) in [4.78, 5) is 7.99. The quantitative estimate of drug-likeness (QED) is 0.907. The lowest BCUT2D eigenvalue weighted by molar-refractivity contribution is 0.410. The van der Waals surface area contributed by atoms with Gasteiger partial charge in [-0.25, -0.2) is 4.98 Å². The summed E-state index contributed by atoms with van der Waals surface area (Å²) in [6.45, 7) is 0.596. The number of hydrogen-bond acceptors (Lipinski definition) is 5. The molecule has 1 heterocycles. The zero-order valence-corrected chi connectivity index (χ0v) is 11.4. The summed E-state index contributed by atoms with van der Waals surface area (Å²) in [6, 6.07) is 7.80. The van der Waals surface area contributed by atoms with Gasteiger partial charge in [0.2, 0.25) is 5.95 Å². The third-order valence-corrected chi connectivity index (χ3v) is 2.98. The molecule has 6 heteroatoms. The summed E-state index contributed by atoms with van der Waals surface area (Å²) in [5.41, 5.74) is 6.59. The minimum atomic E-state index is 0.237. The maximum atomic E-state index is 5.54. The smallest absolute Gasteiger partial charge is 0.221 e. The maximum Gasteiger partial charge on any atom is 0.221 e. The van der Waals surface area contributed by atoms with Crippen molar-refractivity contribution in [2.24, 2.45) is 0 Å². The van der Waals surface area contributed by atoms with Crippen LogP contribution in [0.25, 0.3) is 0 Å². The molecule has 0 aliphatic heterocycles. The van der Waals surface area contributed by atoms with Crippen molar-refractivity contribution in [1.29, 1.82) is 0 Å². The molecule has 0 aliphatic rings. The second-order valence-electron chi connectivity index (χ2n) is 3.59. The highest BCUT2D eigenvalue weighted by Crippen LogP contribution is 2.22.